The second-order valence-corrected chi connectivity index (χ2v) is 4.43. The normalized spacial score (nSPS) is 10.2. The van der Waals surface area contributed by atoms with Gasteiger partial charge in [0.2, 0.25) is 0 Å². The lowest BCUT2D eigenvalue weighted by molar-refractivity contribution is 0.0697. The number of aryl methyl sites for hydroxylation is 2. The largest absolute Gasteiger partial charge is 0.478 e. The fourth-order valence-electron chi connectivity index (χ4n) is 1.77. The number of anilines is 1. The molecule has 2 aromatic rings. The van der Waals surface area contributed by atoms with Gasteiger partial charge in [-0.15, -0.1) is 0 Å². The zero-order valence-corrected chi connectivity index (χ0v) is 11.3. The van der Waals surface area contributed by atoms with Crippen LogP contribution >= 0.6 is 0 Å². The van der Waals surface area contributed by atoms with Gasteiger partial charge in [-0.05, 0) is 38.1 Å². The number of hydrogen-bond donors (Lipinski definition) is 2. The maximum atomic E-state index is 13.1. The summed E-state index contributed by atoms with van der Waals surface area (Å²) in [5, 5.41) is 19.1. The molecule has 108 valence electrons. The molecule has 1 aromatic heterocycles. The molecule has 0 aliphatic carbocycles. The van der Waals surface area contributed by atoms with E-state index >= 15 is 0 Å². The van der Waals surface area contributed by atoms with E-state index in [2.05, 4.69) is 15.5 Å². The summed E-state index contributed by atoms with van der Waals surface area (Å²) in [4.78, 5) is 23.3. The van der Waals surface area contributed by atoms with Crippen LogP contribution in [0.3, 0.4) is 0 Å². The van der Waals surface area contributed by atoms with Crippen molar-refractivity contribution in [2.45, 2.75) is 13.8 Å². The van der Waals surface area contributed by atoms with E-state index in [9.17, 15) is 14.0 Å². The van der Waals surface area contributed by atoms with E-state index in [4.69, 9.17) is 5.11 Å². The van der Waals surface area contributed by atoms with Gasteiger partial charge >= 0.3 is 5.97 Å². The SMILES string of the molecule is Cc1cc(C(=O)Nc2ccc(F)cc2C(=O)O)c(C)nn1. The summed E-state index contributed by atoms with van der Waals surface area (Å²) in [6.07, 6.45) is 0. The molecule has 6 nitrogen and oxygen atoms in total. The van der Waals surface area contributed by atoms with Crippen LogP contribution in [0.4, 0.5) is 10.1 Å². The van der Waals surface area contributed by atoms with Crippen LogP contribution < -0.4 is 5.32 Å². The molecule has 2 rings (SSSR count). The molecule has 0 saturated carbocycles. The quantitative estimate of drug-likeness (QED) is 0.903. The van der Waals surface area contributed by atoms with Gasteiger partial charge in [0.25, 0.3) is 5.91 Å². The highest BCUT2D eigenvalue weighted by Gasteiger charge is 2.16. The number of hydrogen-bond acceptors (Lipinski definition) is 4. The van der Waals surface area contributed by atoms with Crippen LogP contribution in [0.2, 0.25) is 0 Å². The predicted octanol–water partition coefficient (Wildman–Crippen LogP) is 2.18. The van der Waals surface area contributed by atoms with Crippen LogP contribution in [0.25, 0.3) is 0 Å². The Morgan fingerprint density at radius 3 is 2.52 bits per heavy atom. The van der Waals surface area contributed by atoms with Gasteiger partial charge in [0.15, 0.2) is 0 Å². The number of aromatic nitrogens is 2. The fourth-order valence-corrected chi connectivity index (χ4v) is 1.77. The van der Waals surface area contributed by atoms with Gasteiger partial charge in [-0.3, -0.25) is 4.79 Å². The zero-order chi connectivity index (χ0) is 15.6. The summed E-state index contributed by atoms with van der Waals surface area (Å²) in [7, 11) is 0. The van der Waals surface area contributed by atoms with E-state index in [0.29, 0.717) is 11.4 Å². The lowest BCUT2D eigenvalue weighted by Gasteiger charge is -2.10. The van der Waals surface area contributed by atoms with Crippen LogP contribution in [0, 0.1) is 19.7 Å². The number of carbonyl (C=O) groups excluding carboxylic acids is 1. The van der Waals surface area contributed by atoms with Crippen molar-refractivity contribution in [3.8, 4) is 0 Å². The van der Waals surface area contributed by atoms with Crippen LogP contribution in [-0.2, 0) is 0 Å². The first kappa shape index (κ1) is 14.6. The molecular weight excluding hydrogens is 277 g/mol. The first-order valence-electron chi connectivity index (χ1n) is 6.03. The highest BCUT2D eigenvalue weighted by molar-refractivity contribution is 6.08. The molecule has 0 unspecified atom stereocenters. The van der Waals surface area contributed by atoms with Crippen molar-refractivity contribution >= 4 is 17.6 Å². The van der Waals surface area contributed by atoms with Crippen LogP contribution in [-0.4, -0.2) is 27.2 Å². The monoisotopic (exact) mass is 289 g/mol. The average molecular weight is 289 g/mol. The molecule has 0 aliphatic heterocycles. The summed E-state index contributed by atoms with van der Waals surface area (Å²) in [6.45, 7) is 3.30. The van der Waals surface area contributed by atoms with Crippen molar-refractivity contribution in [2.24, 2.45) is 0 Å². The second kappa shape index (κ2) is 5.66. The third-order valence-corrected chi connectivity index (χ3v) is 2.81. The number of carboxylic acids is 1. The van der Waals surface area contributed by atoms with E-state index in [0.717, 1.165) is 12.1 Å². The van der Waals surface area contributed by atoms with Gasteiger partial charge < -0.3 is 10.4 Å². The Hall–Kier alpha value is -2.83. The molecule has 0 fully saturated rings. The van der Waals surface area contributed by atoms with E-state index in [-0.39, 0.29) is 16.8 Å². The maximum absolute atomic E-state index is 13.1. The Kier molecular flexibility index (Phi) is 3.93. The van der Waals surface area contributed by atoms with Gasteiger partial charge in [0, 0.05) is 0 Å². The van der Waals surface area contributed by atoms with Gasteiger partial charge in [-0.25, -0.2) is 9.18 Å². The van der Waals surface area contributed by atoms with Crippen LogP contribution in [0.15, 0.2) is 24.3 Å². The Morgan fingerprint density at radius 1 is 1.14 bits per heavy atom. The van der Waals surface area contributed by atoms with Gasteiger partial charge in [0.05, 0.1) is 28.2 Å². The number of amides is 1. The average Bonchev–Trinajstić information content (AvgIpc) is 2.43. The van der Waals surface area contributed by atoms with Crippen LogP contribution in [0.1, 0.15) is 32.1 Å². The highest BCUT2D eigenvalue weighted by Crippen LogP contribution is 2.18. The lowest BCUT2D eigenvalue weighted by atomic mass is 10.1. The molecule has 1 aromatic carbocycles. The summed E-state index contributed by atoms with van der Waals surface area (Å²) in [6, 6.07) is 4.67. The van der Waals surface area contributed by atoms with Gasteiger partial charge in [0.1, 0.15) is 5.82 Å². The first-order chi connectivity index (χ1) is 9.88. The van der Waals surface area contributed by atoms with Crippen LogP contribution in [0.5, 0.6) is 0 Å². The Balaban J connectivity index is 2.36. The maximum Gasteiger partial charge on any atom is 0.337 e. The molecule has 1 heterocycles. The third kappa shape index (κ3) is 3.19. The Bertz CT molecular complexity index is 731. The lowest BCUT2D eigenvalue weighted by Crippen LogP contribution is -2.17. The molecule has 1 amide bonds. The molecule has 7 heteroatoms. The minimum atomic E-state index is -1.33. The summed E-state index contributed by atoms with van der Waals surface area (Å²) < 4.78 is 13.1. The molecule has 0 saturated heterocycles. The molecule has 0 atom stereocenters. The third-order valence-electron chi connectivity index (χ3n) is 2.81. The van der Waals surface area contributed by atoms with E-state index in [1.807, 2.05) is 0 Å². The number of carboxylic acid groups (broad SMARTS) is 1. The van der Waals surface area contributed by atoms with Gasteiger partial charge in [-0.2, -0.15) is 10.2 Å². The van der Waals surface area contributed by atoms with E-state index in [1.54, 1.807) is 19.9 Å². The van der Waals surface area contributed by atoms with Crippen molar-refractivity contribution in [3.05, 3.63) is 52.6 Å². The highest BCUT2D eigenvalue weighted by atomic mass is 19.1. The number of carbonyl (C=O) groups is 2. The second-order valence-electron chi connectivity index (χ2n) is 4.43. The molecule has 2 N–H and O–H groups in total. The zero-order valence-electron chi connectivity index (χ0n) is 11.3. The number of rotatable bonds is 3. The number of benzene rings is 1. The summed E-state index contributed by atoms with van der Waals surface area (Å²) >= 11 is 0. The molecule has 21 heavy (non-hydrogen) atoms. The number of halogens is 1. The summed E-state index contributed by atoms with van der Waals surface area (Å²) in [5.41, 5.74) is 0.950. The Labute approximate surface area is 119 Å². The number of aromatic carboxylic acids is 1. The standard InChI is InChI=1S/C14H12FN3O3/c1-7-5-10(8(2)18-17-7)13(19)16-12-4-3-9(15)6-11(12)14(20)21/h3-6H,1-2H3,(H,16,19)(H,20,21). The van der Waals surface area contributed by atoms with Gasteiger partial charge in [-0.1, -0.05) is 0 Å². The van der Waals surface area contributed by atoms with Crippen molar-refractivity contribution in [1.82, 2.24) is 10.2 Å². The molecule has 0 radical (unpaired) electrons. The van der Waals surface area contributed by atoms with Crippen molar-refractivity contribution in [2.75, 3.05) is 5.32 Å². The molecular formula is C14H12FN3O3. The number of nitrogens with zero attached hydrogens (tertiary/aromatic N) is 2. The smallest absolute Gasteiger partial charge is 0.337 e. The fraction of sp³-hybridized carbons (Fsp3) is 0.143. The number of nitrogens with one attached hydrogen (secondary N) is 1. The molecule has 0 aliphatic rings. The topological polar surface area (TPSA) is 92.2 Å². The van der Waals surface area contributed by atoms with Crippen molar-refractivity contribution in [1.29, 1.82) is 0 Å². The minimum Gasteiger partial charge on any atom is -0.478 e. The molecule has 0 spiro atoms. The van der Waals surface area contributed by atoms with E-state index in [1.165, 1.54) is 6.07 Å². The predicted molar refractivity (Wildman–Crippen MR) is 72.8 cm³/mol. The Morgan fingerprint density at radius 2 is 1.86 bits per heavy atom. The van der Waals surface area contributed by atoms with Crippen molar-refractivity contribution < 1.29 is 19.1 Å². The summed E-state index contributed by atoms with van der Waals surface area (Å²) in [5.74, 6) is -2.55. The molecule has 0 bridgehead atoms. The van der Waals surface area contributed by atoms with Crippen molar-refractivity contribution in [3.63, 3.8) is 0 Å². The van der Waals surface area contributed by atoms with E-state index < -0.39 is 17.7 Å². The first-order valence-corrected chi connectivity index (χ1v) is 6.03. The minimum absolute atomic E-state index is 0.0164.